The number of ketones is 1. The van der Waals surface area contributed by atoms with Crippen molar-refractivity contribution in [3.05, 3.63) is 93.5 Å². The number of Topliss-reactive ketones (excluding diaryl/α,β-unsaturated/α-hetero) is 1. The highest BCUT2D eigenvalue weighted by Gasteiger charge is 2.13. The zero-order valence-corrected chi connectivity index (χ0v) is 19.7. The summed E-state index contributed by atoms with van der Waals surface area (Å²) in [6.07, 6.45) is 0.125. The van der Waals surface area contributed by atoms with Gasteiger partial charge >= 0.3 is 5.97 Å². The molecule has 0 heterocycles. The van der Waals surface area contributed by atoms with Crippen LogP contribution < -0.4 is 4.90 Å². The number of benzene rings is 3. The standard InChI is InChI=1S/C25H23ClN4O5/c1-18(31)17-35-25(32)13-14-29(16-19-5-3-2-4-6-19)21-9-7-20(8-10-21)27-28-24-12-11-22(30(33)34)15-23(24)26/h2-12,15H,13-14,16-17H2,1H3. The van der Waals surface area contributed by atoms with Crippen LogP contribution in [0.5, 0.6) is 0 Å². The third kappa shape index (κ3) is 8.01. The molecule has 9 nitrogen and oxygen atoms in total. The SMILES string of the molecule is CC(=O)COC(=O)CCN(Cc1ccccc1)c1ccc(N=Nc2ccc([N+](=O)[O-])cc2Cl)cc1. The van der Waals surface area contributed by atoms with E-state index in [1.54, 1.807) is 12.1 Å². The first kappa shape index (κ1) is 25.5. The van der Waals surface area contributed by atoms with Crippen LogP contribution >= 0.6 is 11.6 Å². The number of hydrogen-bond acceptors (Lipinski definition) is 8. The number of rotatable bonds is 11. The number of anilines is 1. The number of hydrogen-bond donors (Lipinski definition) is 0. The molecule has 0 radical (unpaired) electrons. The fourth-order valence-electron chi connectivity index (χ4n) is 3.12. The summed E-state index contributed by atoms with van der Waals surface area (Å²) < 4.78 is 4.97. The minimum absolute atomic E-state index is 0.123. The van der Waals surface area contributed by atoms with E-state index in [0.717, 1.165) is 11.3 Å². The molecule has 0 N–H and O–H groups in total. The molecule has 0 aliphatic heterocycles. The van der Waals surface area contributed by atoms with Crippen molar-refractivity contribution in [2.24, 2.45) is 10.2 Å². The monoisotopic (exact) mass is 494 g/mol. The van der Waals surface area contributed by atoms with E-state index in [2.05, 4.69) is 10.2 Å². The van der Waals surface area contributed by atoms with E-state index in [1.165, 1.54) is 25.1 Å². The Labute approximate surface area is 207 Å². The molecule has 0 aromatic heterocycles. The molecule has 0 bridgehead atoms. The molecule has 0 atom stereocenters. The van der Waals surface area contributed by atoms with Crippen LogP contribution in [0.4, 0.5) is 22.7 Å². The number of carbonyl (C=O) groups excluding carboxylic acids is 2. The van der Waals surface area contributed by atoms with Gasteiger partial charge in [-0.3, -0.25) is 19.7 Å². The lowest BCUT2D eigenvalue weighted by Gasteiger charge is -2.25. The molecule has 0 fully saturated rings. The second-order valence-electron chi connectivity index (χ2n) is 7.63. The van der Waals surface area contributed by atoms with Gasteiger partial charge in [-0.15, -0.1) is 5.11 Å². The zero-order chi connectivity index (χ0) is 25.2. The van der Waals surface area contributed by atoms with Gasteiger partial charge in [-0.25, -0.2) is 0 Å². The number of carbonyl (C=O) groups is 2. The third-order valence-electron chi connectivity index (χ3n) is 4.87. The van der Waals surface area contributed by atoms with Crippen LogP contribution in [0.25, 0.3) is 0 Å². The first-order valence-corrected chi connectivity index (χ1v) is 11.1. The van der Waals surface area contributed by atoms with Gasteiger partial charge in [0.1, 0.15) is 12.3 Å². The Bertz CT molecular complexity index is 1220. The Morgan fingerprint density at radius 2 is 1.74 bits per heavy atom. The topological polar surface area (TPSA) is 114 Å². The maximum atomic E-state index is 12.0. The Balaban J connectivity index is 1.72. The van der Waals surface area contributed by atoms with Gasteiger partial charge in [-0.2, -0.15) is 5.11 Å². The van der Waals surface area contributed by atoms with Crippen molar-refractivity contribution in [2.75, 3.05) is 18.1 Å². The van der Waals surface area contributed by atoms with Crippen molar-refractivity contribution in [3.63, 3.8) is 0 Å². The van der Waals surface area contributed by atoms with Crippen molar-refractivity contribution in [1.29, 1.82) is 0 Å². The quantitative estimate of drug-likeness (QED) is 0.136. The van der Waals surface area contributed by atoms with E-state index in [9.17, 15) is 19.7 Å². The van der Waals surface area contributed by atoms with E-state index in [4.69, 9.17) is 16.3 Å². The fraction of sp³-hybridized carbons (Fsp3) is 0.200. The van der Waals surface area contributed by atoms with Crippen LogP contribution in [0.2, 0.25) is 5.02 Å². The molecular weight excluding hydrogens is 472 g/mol. The number of halogens is 1. The van der Waals surface area contributed by atoms with Gasteiger partial charge in [-0.1, -0.05) is 41.9 Å². The maximum absolute atomic E-state index is 12.0. The van der Waals surface area contributed by atoms with E-state index >= 15 is 0 Å². The van der Waals surface area contributed by atoms with E-state index in [1.807, 2.05) is 47.4 Å². The smallest absolute Gasteiger partial charge is 0.308 e. The summed E-state index contributed by atoms with van der Waals surface area (Å²) in [5, 5.41) is 19.2. The highest BCUT2D eigenvalue weighted by Crippen LogP contribution is 2.31. The number of azo groups is 1. The van der Waals surface area contributed by atoms with E-state index < -0.39 is 10.9 Å². The van der Waals surface area contributed by atoms with Crippen LogP contribution in [0.3, 0.4) is 0 Å². The Morgan fingerprint density at radius 3 is 2.37 bits per heavy atom. The van der Waals surface area contributed by atoms with E-state index in [0.29, 0.717) is 24.5 Å². The Morgan fingerprint density at radius 1 is 1.03 bits per heavy atom. The lowest BCUT2D eigenvalue weighted by Crippen LogP contribution is -2.26. The highest BCUT2D eigenvalue weighted by molar-refractivity contribution is 6.33. The van der Waals surface area contributed by atoms with Gasteiger partial charge in [0.2, 0.25) is 0 Å². The number of nitrogens with zero attached hydrogens (tertiary/aromatic N) is 4. The molecule has 3 aromatic rings. The molecule has 0 spiro atoms. The summed E-state index contributed by atoms with van der Waals surface area (Å²) in [7, 11) is 0. The number of nitro benzene ring substituents is 1. The third-order valence-corrected chi connectivity index (χ3v) is 5.17. The maximum Gasteiger partial charge on any atom is 0.308 e. The second kappa shape index (κ2) is 12.4. The lowest BCUT2D eigenvalue weighted by molar-refractivity contribution is -0.384. The average Bonchev–Trinajstić information content (AvgIpc) is 2.85. The van der Waals surface area contributed by atoms with Crippen LogP contribution in [0, 0.1) is 10.1 Å². The van der Waals surface area contributed by atoms with Crippen molar-refractivity contribution in [1.82, 2.24) is 0 Å². The highest BCUT2D eigenvalue weighted by atomic mass is 35.5. The molecule has 10 heteroatoms. The molecule has 0 aliphatic rings. The van der Waals surface area contributed by atoms with Gasteiger partial charge in [-0.05, 0) is 42.8 Å². The summed E-state index contributed by atoms with van der Waals surface area (Å²) in [5.74, 6) is -0.650. The van der Waals surface area contributed by atoms with Gasteiger partial charge in [0, 0.05) is 30.9 Å². The summed E-state index contributed by atoms with van der Waals surface area (Å²) in [6, 6.07) is 21.0. The fourth-order valence-corrected chi connectivity index (χ4v) is 3.33. The average molecular weight is 495 g/mol. The minimum Gasteiger partial charge on any atom is -0.458 e. The van der Waals surface area contributed by atoms with Crippen LogP contribution in [0.1, 0.15) is 18.9 Å². The Hall–Kier alpha value is -4.11. The predicted octanol–water partition coefficient (Wildman–Crippen LogP) is 6.19. The van der Waals surface area contributed by atoms with Crippen LogP contribution in [-0.2, 0) is 20.9 Å². The lowest BCUT2D eigenvalue weighted by atomic mass is 10.2. The molecule has 0 saturated heterocycles. The summed E-state index contributed by atoms with van der Waals surface area (Å²) in [6.45, 7) is 2.10. The van der Waals surface area contributed by atoms with Crippen molar-refractivity contribution < 1.29 is 19.2 Å². The van der Waals surface area contributed by atoms with Gasteiger partial charge in [0.25, 0.3) is 5.69 Å². The molecule has 35 heavy (non-hydrogen) atoms. The largest absolute Gasteiger partial charge is 0.458 e. The normalized spacial score (nSPS) is 10.8. The number of ether oxygens (including phenoxy) is 1. The minimum atomic E-state index is -0.532. The Kier molecular flexibility index (Phi) is 9.02. The molecule has 0 unspecified atom stereocenters. The molecule has 0 amide bonds. The van der Waals surface area contributed by atoms with Crippen molar-refractivity contribution >= 4 is 46.1 Å². The van der Waals surface area contributed by atoms with Crippen molar-refractivity contribution in [2.45, 2.75) is 19.9 Å². The first-order valence-electron chi connectivity index (χ1n) is 10.7. The summed E-state index contributed by atoms with van der Waals surface area (Å²) in [4.78, 5) is 35.4. The molecule has 3 aromatic carbocycles. The molecule has 3 rings (SSSR count). The van der Waals surface area contributed by atoms with Gasteiger partial charge in [0.05, 0.1) is 22.1 Å². The number of non-ortho nitro benzene ring substituents is 1. The molecule has 0 aliphatic carbocycles. The van der Waals surface area contributed by atoms with Crippen LogP contribution in [0.15, 0.2) is 83.0 Å². The zero-order valence-electron chi connectivity index (χ0n) is 19.0. The predicted molar refractivity (Wildman–Crippen MR) is 132 cm³/mol. The number of nitro groups is 1. The first-order chi connectivity index (χ1) is 16.8. The molecule has 180 valence electrons. The van der Waals surface area contributed by atoms with Gasteiger partial charge in [0.15, 0.2) is 5.78 Å². The van der Waals surface area contributed by atoms with Gasteiger partial charge < -0.3 is 9.64 Å². The molecular formula is C25H23ClN4O5. The van der Waals surface area contributed by atoms with E-state index in [-0.39, 0.29) is 29.5 Å². The van der Waals surface area contributed by atoms with Crippen LogP contribution in [-0.4, -0.2) is 29.8 Å². The summed E-state index contributed by atoms with van der Waals surface area (Å²) >= 11 is 6.06. The van der Waals surface area contributed by atoms with Crippen molar-refractivity contribution in [3.8, 4) is 0 Å². The second-order valence-corrected chi connectivity index (χ2v) is 8.04. The summed E-state index contributed by atoms with van der Waals surface area (Å²) in [5.41, 5.74) is 2.68. The number of esters is 1. The molecule has 0 saturated carbocycles.